The summed E-state index contributed by atoms with van der Waals surface area (Å²) in [6.45, 7) is 5.09. The standard InChI is InChI=1S/C44H38N6O6/c1-27-4-12-41(43(51)48-27)50-26-30-19-32(9-11-36(30)44(50)52)54-18-17-53-16-2-3-31-7-8-33(24-46-31)55-34-21-35(22-34)56-42-13-6-29(23-47-42)28-5-10-37-38-25-45-15-14-39(38)49-40(37)20-28/h5-11,13-15,19-20,23-25,34-35,41,49H,1,4,12,16-18,21-22,26H2,(H,48,51). The van der Waals surface area contributed by atoms with E-state index in [4.69, 9.17) is 18.9 Å². The van der Waals surface area contributed by atoms with Gasteiger partial charge in [0.25, 0.3) is 5.91 Å². The normalized spacial score (nSPS) is 18.9. The van der Waals surface area contributed by atoms with Gasteiger partial charge in [0.15, 0.2) is 0 Å². The zero-order valence-electron chi connectivity index (χ0n) is 30.5. The predicted molar refractivity (Wildman–Crippen MR) is 209 cm³/mol. The van der Waals surface area contributed by atoms with E-state index >= 15 is 0 Å². The van der Waals surface area contributed by atoms with Crippen molar-refractivity contribution in [2.75, 3.05) is 19.8 Å². The smallest absolute Gasteiger partial charge is 0.255 e. The highest BCUT2D eigenvalue weighted by Gasteiger charge is 2.38. The second-order valence-electron chi connectivity index (χ2n) is 14.1. The highest BCUT2D eigenvalue weighted by atomic mass is 16.5. The van der Waals surface area contributed by atoms with Crippen molar-refractivity contribution in [1.82, 2.24) is 30.2 Å². The van der Waals surface area contributed by atoms with Crippen LogP contribution in [0.15, 0.2) is 104 Å². The lowest BCUT2D eigenvalue weighted by molar-refractivity contribution is -0.126. The molecule has 2 amide bonds. The summed E-state index contributed by atoms with van der Waals surface area (Å²) in [6, 6.07) is 20.9. The molecule has 2 fully saturated rings. The molecule has 2 aromatic carbocycles. The number of H-pyrrole nitrogens is 1. The molecule has 2 N–H and O–H groups in total. The van der Waals surface area contributed by atoms with Crippen molar-refractivity contribution in [3.63, 3.8) is 0 Å². The van der Waals surface area contributed by atoms with E-state index in [1.165, 1.54) is 0 Å². The summed E-state index contributed by atoms with van der Waals surface area (Å²) < 4.78 is 23.7. The van der Waals surface area contributed by atoms with E-state index in [1.807, 2.05) is 48.8 Å². The summed E-state index contributed by atoms with van der Waals surface area (Å²) in [7, 11) is 0. The number of carbonyl (C=O) groups excluding carboxylic acids is 2. The molecule has 0 spiro atoms. The minimum atomic E-state index is -0.490. The second-order valence-corrected chi connectivity index (χ2v) is 14.1. The zero-order valence-corrected chi connectivity index (χ0v) is 30.5. The molecule has 12 nitrogen and oxygen atoms in total. The topological polar surface area (TPSA) is 141 Å². The average Bonchev–Trinajstić information content (AvgIpc) is 3.73. The number of nitrogens with one attached hydrogen (secondary N) is 2. The van der Waals surface area contributed by atoms with Gasteiger partial charge in [-0.1, -0.05) is 24.6 Å². The number of fused-ring (bicyclic) bond motifs is 4. The van der Waals surface area contributed by atoms with Gasteiger partial charge in [0.1, 0.15) is 48.7 Å². The number of ether oxygens (including phenoxy) is 4. The molecule has 4 aromatic heterocycles. The first-order chi connectivity index (χ1) is 27.4. The minimum absolute atomic E-state index is 0.0435. The molecule has 1 saturated carbocycles. The van der Waals surface area contributed by atoms with Gasteiger partial charge in [-0.05, 0) is 78.4 Å². The lowest BCUT2D eigenvalue weighted by Crippen LogP contribution is -2.49. The maximum Gasteiger partial charge on any atom is 0.255 e. The van der Waals surface area contributed by atoms with Crippen LogP contribution in [-0.2, 0) is 16.1 Å². The third-order valence-corrected chi connectivity index (χ3v) is 10.3. The van der Waals surface area contributed by atoms with Crippen LogP contribution in [0.4, 0.5) is 0 Å². The molecule has 0 bridgehead atoms. The van der Waals surface area contributed by atoms with E-state index in [0.29, 0.717) is 66.9 Å². The Kier molecular flexibility index (Phi) is 9.51. The van der Waals surface area contributed by atoms with E-state index in [9.17, 15) is 9.59 Å². The highest BCUT2D eigenvalue weighted by Crippen LogP contribution is 2.33. The Balaban J connectivity index is 0.672. The quantitative estimate of drug-likeness (QED) is 0.115. The average molecular weight is 747 g/mol. The number of rotatable bonds is 11. The third kappa shape index (κ3) is 7.37. The number of aromatic amines is 1. The number of carbonyl (C=O) groups is 2. The zero-order chi connectivity index (χ0) is 38.0. The second kappa shape index (κ2) is 15.2. The van der Waals surface area contributed by atoms with Crippen molar-refractivity contribution >= 4 is 33.6 Å². The van der Waals surface area contributed by atoms with Crippen LogP contribution in [0.1, 0.15) is 47.3 Å². The van der Waals surface area contributed by atoms with E-state index in [2.05, 4.69) is 61.9 Å². The SMILES string of the molecule is C=C1CCC(N2Cc3cc(OCCOCC#Cc4ccc(OC5CC(Oc6ccc(-c7ccc8c(c7)[nH]c7ccncc78)cn6)C5)cn4)ccc3C2=O)C(=O)N1. The van der Waals surface area contributed by atoms with Gasteiger partial charge in [-0.15, -0.1) is 0 Å². The number of hydrogen-bond donors (Lipinski definition) is 2. The number of hydrogen-bond acceptors (Lipinski definition) is 9. The van der Waals surface area contributed by atoms with E-state index in [1.54, 1.807) is 29.4 Å². The summed E-state index contributed by atoms with van der Waals surface area (Å²) in [5.41, 5.74) is 6.99. The van der Waals surface area contributed by atoms with Crippen molar-refractivity contribution in [1.29, 1.82) is 0 Å². The van der Waals surface area contributed by atoms with Crippen LogP contribution >= 0.6 is 0 Å². The maximum absolute atomic E-state index is 12.9. The molecule has 0 radical (unpaired) electrons. The Bertz CT molecular complexity index is 2520. The van der Waals surface area contributed by atoms with Crippen LogP contribution in [0.3, 0.4) is 0 Å². The fraction of sp³-hybridized carbons (Fsp3) is 0.250. The number of nitrogens with zero attached hydrogens (tertiary/aromatic N) is 4. The van der Waals surface area contributed by atoms with Gasteiger partial charge in [0, 0.05) is 82.7 Å². The van der Waals surface area contributed by atoms with Gasteiger partial charge in [-0.2, -0.15) is 0 Å². The van der Waals surface area contributed by atoms with E-state index in [0.717, 1.165) is 51.3 Å². The summed E-state index contributed by atoms with van der Waals surface area (Å²) in [5, 5.41) is 5.02. The van der Waals surface area contributed by atoms with Crippen molar-refractivity contribution in [2.24, 2.45) is 0 Å². The first kappa shape index (κ1) is 35.0. The summed E-state index contributed by atoms with van der Waals surface area (Å²) in [4.78, 5) is 43.7. The summed E-state index contributed by atoms with van der Waals surface area (Å²) in [6.07, 6.45) is 10.1. The molecule has 1 atom stereocenters. The van der Waals surface area contributed by atoms with Crippen LogP contribution < -0.4 is 19.5 Å². The van der Waals surface area contributed by atoms with Gasteiger partial charge in [-0.25, -0.2) is 9.97 Å². The Labute approximate surface area is 322 Å². The largest absolute Gasteiger partial charge is 0.491 e. The lowest BCUT2D eigenvalue weighted by Gasteiger charge is -2.34. The van der Waals surface area contributed by atoms with Gasteiger partial charge in [0.2, 0.25) is 11.8 Å². The molecule has 1 saturated heterocycles. The number of benzene rings is 2. The highest BCUT2D eigenvalue weighted by molar-refractivity contribution is 6.07. The third-order valence-electron chi connectivity index (χ3n) is 10.3. The minimum Gasteiger partial charge on any atom is -0.491 e. The molecule has 2 aliphatic heterocycles. The van der Waals surface area contributed by atoms with Gasteiger partial charge >= 0.3 is 0 Å². The first-order valence-electron chi connectivity index (χ1n) is 18.7. The van der Waals surface area contributed by atoms with Crippen LogP contribution in [0.2, 0.25) is 0 Å². The number of amides is 2. The number of aromatic nitrogens is 4. The van der Waals surface area contributed by atoms with E-state index < -0.39 is 6.04 Å². The molecule has 1 aliphatic carbocycles. The lowest BCUT2D eigenvalue weighted by atomic mass is 9.92. The molecule has 9 rings (SSSR count). The Hall–Kier alpha value is -6.71. The molecule has 1 unspecified atom stereocenters. The number of pyridine rings is 3. The Morgan fingerprint density at radius 1 is 0.839 bits per heavy atom. The monoisotopic (exact) mass is 746 g/mol. The van der Waals surface area contributed by atoms with Crippen LogP contribution in [0, 0.1) is 11.8 Å². The first-order valence-corrected chi connectivity index (χ1v) is 18.7. The summed E-state index contributed by atoms with van der Waals surface area (Å²) in [5.74, 6) is 7.60. The van der Waals surface area contributed by atoms with Crippen molar-refractivity contribution in [3.05, 3.63) is 121 Å². The molecule has 3 aliphatic rings. The van der Waals surface area contributed by atoms with Crippen molar-refractivity contribution in [3.8, 4) is 40.3 Å². The fourth-order valence-corrected chi connectivity index (χ4v) is 7.33. The summed E-state index contributed by atoms with van der Waals surface area (Å²) >= 11 is 0. The number of piperidine rings is 1. The molecule has 12 heteroatoms. The van der Waals surface area contributed by atoms with Crippen LogP contribution in [-0.4, -0.2) is 74.7 Å². The molecule has 6 aromatic rings. The van der Waals surface area contributed by atoms with Gasteiger partial charge < -0.3 is 34.1 Å². The molecular formula is C44H38N6O6. The Morgan fingerprint density at radius 3 is 2.55 bits per heavy atom. The van der Waals surface area contributed by atoms with Crippen molar-refractivity contribution < 1.29 is 28.5 Å². The van der Waals surface area contributed by atoms with Crippen LogP contribution in [0.25, 0.3) is 32.9 Å². The maximum atomic E-state index is 12.9. The van der Waals surface area contributed by atoms with Crippen molar-refractivity contribution in [2.45, 2.75) is 50.5 Å². The fourth-order valence-electron chi connectivity index (χ4n) is 7.33. The Morgan fingerprint density at radius 2 is 1.71 bits per heavy atom. The van der Waals surface area contributed by atoms with Gasteiger partial charge in [0.05, 0.1) is 12.8 Å². The molecule has 56 heavy (non-hydrogen) atoms. The number of allylic oxidation sites excluding steroid dienone is 1. The van der Waals surface area contributed by atoms with Gasteiger partial charge in [-0.3, -0.25) is 14.6 Å². The predicted octanol–water partition coefficient (Wildman–Crippen LogP) is 6.36. The van der Waals surface area contributed by atoms with Crippen LogP contribution in [0.5, 0.6) is 17.4 Å². The van der Waals surface area contributed by atoms with E-state index in [-0.39, 0.29) is 30.6 Å². The molecule has 6 heterocycles. The molecule has 280 valence electrons. The molecular weight excluding hydrogens is 709 g/mol.